The van der Waals surface area contributed by atoms with Crippen molar-refractivity contribution in [2.45, 2.75) is 12.1 Å². The molecule has 0 spiro atoms. The molecule has 0 bridgehead atoms. The maximum Gasteiger partial charge on any atom is 0.214 e. The van der Waals surface area contributed by atoms with E-state index in [2.05, 4.69) is 20.5 Å². The lowest BCUT2D eigenvalue weighted by Gasteiger charge is -2.04. The number of para-hydroxylation sites is 1. The Balaban J connectivity index is 1.53. The molecule has 0 saturated heterocycles. The molecule has 0 amide bonds. The zero-order valence-electron chi connectivity index (χ0n) is 13.5. The summed E-state index contributed by atoms with van der Waals surface area (Å²) in [4.78, 5) is 15.7. The van der Waals surface area contributed by atoms with Gasteiger partial charge in [-0.25, -0.2) is 0 Å². The number of hydrogen-bond acceptors (Lipinski definition) is 5. The van der Waals surface area contributed by atoms with Crippen LogP contribution in [-0.2, 0) is 0 Å². The van der Waals surface area contributed by atoms with E-state index in [0.717, 1.165) is 16.6 Å². The van der Waals surface area contributed by atoms with Gasteiger partial charge in [0.05, 0.1) is 11.4 Å². The third-order valence-corrected chi connectivity index (χ3v) is 4.86. The van der Waals surface area contributed by atoms with Gasteiger partial charge in [-0.1, -0.05) is 47.7 Å². The van der Waals surface area contributed by atoms with Crippen LogP contribution >= 0.6 is 11.8 Å². The summed E-state index contributed by atoms with van der Waals surface area (Å²) in [7, 11) is 0. The molecule has 1 N–H and O–H groups in total. The molecule has 0 unspecified atom stereocenters. The van der Waals surface area contributed by atoms with Gasteiger partial charge < -0.3 is 4.98 Å². The van der Waals surface area contributed by atoms with Gasteiger partial charge in [-0.05, 0) is 35.5 Å². The lowest BCUT2D eigenvalue weighted by Crippen LogP contribution is -2.04. The number of carbonyl (C=O) groups excluding carboxylic acids is 1. The summed E-state index contributed by atoms with van der Waals surface area (Å²) in [5.74, 6) is 0.314. The van der Waals surface area contributed by atoms with E-state index in [1.54, 1.807) is 10.9 Å². The number of Topliss-reactive ketones (excluding diaryl/α,β-unsaturated/α-hetero) is 1. The van der Waals surface area contributed by atoms with E-state index in [1.165, 1.54) is 17.3 Å². The number of aromatic nitrogens is 5. The zero-order chi connectivity index (χ0) is 17.2. The highest BCUT2D eigenvalue weighted by Crippen LogP contribution is 2.23. The lowest BCUT2D eigenvalue weighted by molar-refractivity contribution is 0.102. The van der Waals surface area contributed by atoms with E-state index >= 15 is 0 Å². The zero-order valence-corrected chi connectivity index (χ0v) is 14.3. The molecule has 0 saturated carbocycles. The van der Waals surface area contributed by atoms with E-state index in [4.69, 9.17) is 0 Å². The maximum atomic E-state index is 12.6. The molecule has 2 aromatic heterocycles. The fourth-order valence-corrected chi connectivity index (χ4v) is 3.40. The summed E-state index contributed by atoms with van der Waals surface area (Å²) in [6.07, 6.45) is 1.76. The van der Waals surface area contributed by atoms with Gasteiger partial charge in [-0.3, -0.25) is 4.79 Å². The van der Waals surface area contributed by atoms with Crippen LogP contribution in [0, 0.1) is 6.92 Å². The molecule has 0 aliphatic heterocycles. The Hall–Kier alpha value is -2.93. The van der Waals surface area contributed by atoms with Crippen molar-refractivity contribution in [1.82, 2.24) is 25.2 Å². The smallest absolute Gasteiger partial charge is 0.214 e. The molecule has 0 radical (unpaired) electrons. The predicted octanol–water partition coefficient (Wildman–Crippen LogP) is 3.43. The van der Waals surface area contributed by atoms with Crippen molar-refractivity contribution in [3.8, 4) is 5.69 Å². The Labute approximate surface area is 148 Å². The molecule has 2 aromatic carbocycles. The molecule has 7 heteroatoms. The van der Waals surface area contributed by atoms with Gasteiger partial charge in [-0.15, -0.1) is 5.10 Å². The van der Waals surface area contributed by atoms with E-state index in [0.29, 0.717) is 10.7 Å². The van der Waals surface area contributed by atoms with E-state index < -0.39 is 0 Å². The maximum absolute atomic E-state index is 12.6. The summed E-state index contributed by atoms with van der Waals surface area (Å²) in [5, 5.41) is 13.3. The van der Waals surface area contributed by atoms with Gasteiger partial charge in [-0.2, -0.15) is 4.68 Å². The fraction of sp³-hybridized carbons (Fsp3) is 0.111. The highest BCUT2D eigenvalue weighted by molar-refractivity contribution is 7.99. The summed E-state index contributed by atoms with van der Waals surface area (Å²) >= 11 is 1.33. The number of thioether (sulfide) groups is 1. The van der Waals surface area contributed by atoms with Crippen LogP contribution in [0.4, 0.5) is 0 Å². The molecule has 0 atom stereocenters. The van der Waals surface area contributed by atoms with Gasteiger partial charge in [0.25, 0.3) is 0 Å². The number of rotatable bonds is 5. The number of nitrogens with one attached hydrogen (secondary N) is 1. The lowest BCUT2D eigenvalue weighted by atomic mass is 10.1. The molecule has 0 fully saturated rings. The molecule has 124 valence electrons. The third-order valence-electron chi connectivity index (χ3n) is 3.94. The van der Waals surface area contributed by atoms with Crippen LogP contribution < -0.4 is 0 Å². The first kappa shape index (κ1) is 15.6. The molecule has 4 aromatic rings. The Morgan fingerprint density at radius 2 is 1.96 bits per heavy atom. The summed E-state index contributed by atoms with van der Waals surface area (Å²) < 4.78 is 1.65. The summed E-state index contributed by atoms with van der Waals surface area (Å²) in [6.45, 7) is 2.03. The predicted molar refractivity (Wildman–Crippen MR) is 97.2 cm³/mol. The topological polar surface area (TPSA) is 76.5 Å². The molecular formula is C18H15N5OS. The minimum Gasteiger partial charge on any atom is -0.360 e. The highest BCUT2D eigenvalue weighted by Gasteiger charge is 2.15. The first-order chi connectivity index (χ1) is 12.2. The average molecular weight is 349 g/mol. The Bertz CT molecular complexity index is 1040. The van der Waals surface area contributed by atoms with Crippen molar-refractivity contribution < 1.29 is 4.79 Å². The van der Waals surface area contributed by atoms with Crippen LogP contribution in [0.1, 0.15) is 15.9 Å². The normalized spacial score (nSPS) is 11.1. The molecule has 4 rings (SSSR count). The molecule has 0 aliphatic carbocycles. The Morgan fingerprint density at radius 1 is 1.16 bits per heavy atom. The van der Waals surface area contributed by atoms with Gasteiger partial charge in [0.2, 0.25) is 5.16 Å². The molecule has 25 heavy (non-hydrogen) atoms. The van der Waals surface area contributed by atoms with Crippen LogP contribution in [0.5, 0.6) is 0 Å². The second-order valence-corrected chi connectivity index (χ2v) is 6.61. The van der Waals surface area contributed by atoms with Gasteiger partial charge >= 0.3 is 0 Å². The molecular weight excluding hydrogens is 334 g/mol. The van der Waals surface area contributed by atoms with Gasteiger partial charge in [0, 0.05) is 22.7 Å². The second-order valence-electron chi connectivity index (χ2n) is 5.67. The van der Waals surface area contributed by atoms with Crippen molar-refractivity contribution in [3.63, 3.8) is 0 Å². The number of carbonyl (C=O) groups is 1. The molecule has 0 aliphatic rings. The van der Waals surface area contributed by atoms with Crippen molar-refractivity contribution in [2.75, 3.05) is 5.75 Å². The number of aryl methyl sites for hydroxylation is 1. The van der Waals surface area contributed by atoms with Crippen molar-refractivity contribution >= 4 is 28.4 Å². The SMILES string of the molecule is Cc1ccc(-n2nnnc2SCC(=O)c2c[nH]c3ccccc23)cc1. The second kappa shape index (κ2) is 6.52. The third kappa shape index (κ3) is 3.06. The quantitative estimate of drug-likeness (QED) is 0.441. The number of hydrogen-bond donors (Lipinski definition) is 1. The van der Waals surface area contributed by atoms with Crippen LogP contribution in [0.3, 0.4) is 0 Å². The standard InChI is InChI=1S/C18H15N5OS/c1-12-6-8-13(9-7-12)23-18(20-21-22-23)25-11-17(24)15-10-19-16-5-3-2-4-14(15)16/h2-10,19H,11H2,1H3. The number of benzene rings is 2. The number of tetrazole rings is 1. The van der Waals surface area contributed by atoms with E-state index in [9.17, 15) is 4.79 Å². The van der Waals surface area contributed by atoms with Crippen LogP contribution in [-0.4, -0.2) is 36.7 Å². The van der Waals surface area contributed by atoms with Crippen LogP contribution in [0.2, 0.25) is 0 Å². The minimum atomic E-state index is 0.0425. The Morgan fingerprint density at radius 3 is 2.80 bits per heavy atom. The highest BCUT2D eigenvalue weighted by atomic mass is 32.2. The van der Waals surface area contributed by atoms with E-state index in [-0.39, 0.29) is 11.5 Å². The van der Waals surface area contributed by atoms with Crippen molar-refractivity contribution in [3.05, 3.63) is 65.9 Å². The molecule has 2 heterocycles. The monoisotopic (exact) mass is 349 g/mol. The largest absolute Gasteiger partial charge is 0.360 e. The first-order valence-electron chi connectivity index (χ1n) is 7.80. The number of fused-ring (bicyclic) bond motifs is 1. The Kier molecular flexibility index (Phi) is 4.07. The average Bonchev–Trinajstić information content (AvgIpc) is 3.27. The number of nitrogens with zero attached hydrogens (tertiary/aromatic N) is 4. The van der Waals surface area contributed by atoms with Crippen molar-refractivity contribution in [1.29, 1.82) is 0 Å². The summed E-state index contributed by atoms with van der Waals surface area (Å²) in [6, 6.07) is 15.7. The first-order valence-corrected chi connectivity index (χ1v) is 8.78. The van der Waals surface area contributed by atoms with Gasteiger partial charge in [0.15, 0.2) is 5.78 Å². The fourth-order valence-electron chi connectivity index (χ4n) is 2.63. The van der Waals surface area contributed by atoms with Crippen LogP contribution in [0.25, 0.3) is 16.6 Å². The number of H-pyrrole nitrogens is 1. The summed E-state index contributed by atoms with van der Waals surface area (Å²) in [5.41, 5.74) is 3.69. The van der Waals surface area contributed by atoms with E-state index in [1.807, 2.05) is 55.5 Å². The van der Waals surface area contributed by atoms with Crippen LogP contribution in [0.15, 0.2) is 59.9 Å². The molecule has 6 nitrogen and oxygen atoms in total. The minimum absolute atomic E-state index is 0.0425. The number of aromatic amines is 1. The number of ketones is 1. The van der Waals surface area contributed by atoms with Crippen molar-refractivity contribution in [2.24, 2.45) is 0 Å². The van der Waals surface area contributed by atoms with Gasteiger partial charge in [0.1, 0.15) is 0 Å².